The molecular formula is C15H22N2O3. The Hall–Kier alpha value is -1.75. The first-order valence-electron chi connectivity index (χ1n) is 7.09. The lowest BCUT2D eigenvalue weighted by molar-refractivity contribution is 0.0947. The largest absolute Gasteiger partial charge is 0.493 e. The highest BCUT2D eigenvalue weighted by Crippen LogP contribution is 2.24. The third-order valence-corrected chi connectivity index (χ3v) is 3.45. The molecule has 0 bridgehead atoms. The maximum absolute atomic E-state index is 12.2. The predicted octanol–water partition coefficient (Wildman–Crippen LogP) is 1.82. The molecule has 0 spiro atoms. The van der Waals surface area contributed by atoms with E-state index in [1.54, 1.807) is 18.2 Å². The van der Waals surface area contributed by atoms with Crippen molar-refractivity contribution < 1.29 is 14.3 Å². The van der Waals surface area contributed by atoms with Gasteiger partial charge in [0.2, 0.25) is 0 Å². The third-order valence-electron chi connectivity index (χ3n) is 3.45. The Bertz CT molecular complexity index is 456. The second-order valence-corrected chi connectivity index (χ2v) is 4.93. The van der Waals surface area contributed by atoms with E-state index in [1.165, 1.54) is 0 Å². The number of hydrogen-bond acceptors (Lipinski definition) is 4. The SMILES string of the molecule is CCOc1cccc(N)c1C(=O)NCCC1CCOC1. The Balaban J connectivity index is 1.93. The van der Waals surface area contributed by atoms with Crippen molar-refractivity contribution in [1.82, 2.24) is 5.32 Å². The molecule has 1 aliphatic heterocycles. The molecule has 110 valence electrons. The molecule has 1 aliphatic rings. The van der Waals surface area contributed by atoms with E-state index in [-0.39, 0.29) is 5.91 Å². The minimum absolute atomic E-state index is 0.175. The van der Waals surface area contributed by atoms with Gasteiger partial charge in [-0.2, -0.15) is 0 Å². The number of benzene rings is 1. The molecule has 0 radical (unpaired) electrons. The van der Waals surface area contributed by atoms with Crippen LogP contribution in [0.3, 0.4) is 0 Å². The summed E-state index contributed by atoms with van der Waals surface area (Å²) in [6, 6.07) is 5.26. The van der Waals surface area contributed by atoms with Crippen LogP contribution in [0.2, 0.25) is 0 Å². The summed E-state index contributed by atoms with van der Waals surface area (Å²) in [7, 11) is 0. The molecule has 1 saturated heterocycles. The highest BCUT2D eigenvalue weighted by Gasteiger charge is 2.18. The van der Waals surface area contributed by atoms with E-state index in [9.17, 15) is 4.79 Å². The Morgan fingerprint density at radius 3 is 3.10 bits per heavy atom. The van der Waals surface area contributed by atoms with E-state index >= 15 is 0 Å². The van der Waals surface area contributed by atoms with Crippen molar-refractivity contribution in [3.8, 4) is 5.75 Å². The summed E-state index contributed by atoms with van der Waals surface area (Å²) in [5, 5.41) is 2.91. The van der Waals surface area contributed by atoms with Gasteiger partial charge in [0.15, 0.2) is 0 Å². The van der Waals surface area contributed by atoms with Crippen molar-refractivity contribution in [1.29, 1.82) is 0 Å². The van der Waals surface area contributed by atoms with Gasteiger partial charge in [0, 0.05) is 25.4 Å². The van der Waals surface area contributed by atoms with E-state index in [4.69, 9.17) is 15.2 Å². The lowest BCUT2D eigenvalue weighted by atomic mass is 10.1. The van der Waals surface area contributed by atoms with E-state index in [0.717, 1.165) is 26.1 Å². The topological polar surface area (TPSA) is 73.6 Å². The second kappa shape index (κ2) is 7.14. The first-order chi connectivity index (χ1) is 9.72. The number of rotatable bonds is 6. The summed E-state index contributed by atoms with van der Waals surface area (Å²) < 4.78 is 10.8. The van der Waals surface area contributed by atoms with Crippen LogP contribution in [0.1, 0.15) is 30.1 Å². The fourth-order valence-corrected chi connectivity index (χ4v) is 2.36. The van der Waals surface area contributed by atoms with E-state index in [1.807, 2.05) is 6.92 Å². The minimum atomic E-state index is -0.175. The van der Waals surface area contributed by atoms with Crippen LogP contribution in [-0.4, -0.2) is 32.3 Å². The predicted molar refractivity (Wildman–Crippen MR) is 77.9 cm³/mol. The van der Waals surface area contributed by atoms with Gasteiger partial charge < -0.3 is 20.5 Å². The molecule has 1 aromatic rings. The Morgan fingerprint density at radius 1 is 1.55 bits per heavy atom. The summed E-state index contributed by atoms with van der Waals surface area (Å²) >= 11 is 0. The first kappa shape index (κ1) is 14.7. The zero-order chi connectivity index (χ0) is 14.4. The van der Waals surface area contributed by atoms with Crippen LogP contribution in [0.5, 0.6) is 5.75 Å². The van der Waals surface area contributed by atoms with Crippen molar-refractivity contribution in [3.63, 3.8) is 0 Å². The van der Waals surface area contributed by atoms with Gasteiger partial charge in [-0.3, -0.25) is 4.79 Å². The molecule has 1 atom stereocenters. The molecule has 1 aromatic carbocycles. The van der Waals surface area contributed by atoms with Crippen molar-refractivity contribution in [2.45, 2.75) is 19.8 Å². The van der Waals surface area contributed by atoms with Gasteiger partial charge >= 0.3 is 0 Å². The lowest BCUT2D eigenvalue weighted by Crippen LogP contribution is -2.27. The summed E-state index contributed by atoms with van der Waals surface area (Å²) in [5.74, 6) is 0.912. The smallest absolute Gasteiger partial charge is 0.257 e. The van der Waals surface area contributed by atoms with Crippen molar-refractivity contribution in [2.75, 3.05) is 32.1 Å². The number of nitrogens with one attached hydrogen (secondary N) is 1. The molecular weight excluding hydrogens is 256 g/mol. The molecule has 0 aromatic heterocycles. The number of ether oxygens (including phenoxy) is 2. The maximum atomic E-state index is 12.2. The van der Waals surface area contributed by atoms with Gasteiger partial charge in [-0.1, -0.05) is 6.07 Å². The molecule has 1 amide bonds. The molecule has 1 unspecified atom stereocenters. The minimum Gasteiger partial charge on any atom is -0.493 e. The quantitative estimate of drug-likeness (QED) is 0.779. The molecule has 1 heterocycles. The Morgan fingerprint density at radius 2 is 2.40 bits per heavy atom. The number of amides is 1. The van der Waals surface area contributed by atoms with Crippen molar-refractivity contribution in [3.05, 3.63) is 23.8 Å². The highest BCUT2D eigenvalue weighted by atomic mass is 16.5. The second-order valence-electron chi connectivity index (χ2n) is 4.93. The van der Waals surface area contributed by atoms with Gasteiger partial charge in [-0.25, -0.2) is 0 Å². The molecule has 5 nitrogen and oxygen atoms in total. The fraction of sp³-hybridized carbons (Fsp3) is 0.533. The average molecular weight is 278 g/mol. The summed E-state index contributed by atoms with van der Waals surface area (Å²) in [6.45, 7) is 4.65. The number of carbonyl (C=O) groups excluding carboxylic acids is 1. The lowest BCUT2D eigenvalue weighted by Gasteiger charge is -2.13. The van der Waals surface area contributed by atoms with Crippen molar-refractivity contribution in [2.24, 2.45) is 5.92 Å². The summed E-state index contributed by atoms with van der Waals surface area (Å²) in [5.41, 5.74) is 6.76. The fourth-order valence-electron chi connectivity index (χ4n) is 2.36. The Kier molecular flexibility index (Phi) is 5.24. The Labute approximate surface area is 119 Å². The normalized spacial score (nSPS) is 17.9. The molecule has 3 N–H and O–H groups in total. The zero-order valence-electron chi connectivity index (χ0n) is 11.9. The molecule has 0 saturated carbocycles. The van der Waals surface area contributed by atoms with Crippen LogP contribution in [0.25, 0.3) is 0 Å². The molecule has 2 rings (SSSR count). The molecule has 5 heteroatoms. The van der Waals surface area contributed by atoms with Crippen LogP contribution < -0.4 is 15.8 Å². The van der Waals surface area contributed by atoms with Crippen LogP contribution in [0.4, 0.5) is 5.69 Å². The third kappa shape index (κ3) is 3.63. The van der Waals surface area contributed by atoms with Gasteiger partial charge in [-0.15, -0.1) is 0 Å². The van der Waals surface area contributed by atoms with E-state index in [2.05, 4.69) is 5.32 Å². The number of nitrogens with two attached hydrogens (primary N) is 1. The maximum Gasteiger partial charge on any atom is 0.257 e. The molecule has 20 heavy (non-hydrogen) atoms. The van der Waals surface area contributed by atoms with Crippen molar-refractivity contribution >= 4 is 11.6 Å². The molecule has 1 fully saturated rings. The number of carbonyl (C=O) groups is 1. The number of anilines is 1. The van der Waals surface area contributed by atoms with Crippen LogP contribution >= 0.6 is 0 Å². The number of hydrogen-bond donors (Lipinski definition) is 2. The molecule has 0 aliphatic carbocycles. The highest BCUT2D eigenvalue weighted by molar-refractivity contribution is 6.01. The standard InChI is InChI=1S/C15H22N2O3/c1-2-20-13-5-3-4-12(16)14(13)15(18)17-8-6-11-7-9-19-10-11/h3-5,11H,2,6-10,16H2,1H3,(H,17,18). The van der Waals surface area contributed by atoms with Gasteiger partial charge in [0.05, 0.1) is 6.61 Å². The summed E-state index contributed by atoms with van der Waals surface area (Å²) in [4.78, 5) is 12.2. The van der Waals surface area contributed by atoms with Crippen LogP contribution in [0, 0.1) is 5.92 Å². The van der Waals surface area contributed by atoms with E-state index in [0.29, 0.717) is 36.1 Å². The zero-order valence-corrected chi connectivity index (χ0v) is 11.9. The van der Waals surface area contributed by atoms with Crippen LogP contribution in [-0.2, 0) is 4.74 Å². The van der Waals surface area contributed by atoms with Gasteiger partial charge in [-0.05, 0) is 37.8 Å². The monoisotopic (exact) mass is 278 g/mol. The average Bonchev–Trinajstić information content (AvgIpc) is 2.92. The first-order valence-corrected chi connectivity index (χ1v) is 7.09. The van der Waals surface area contributed by atoms with E-state index < -0.39 is 0 Å². The van der Waals surface area contributed by atoms with Crippen LogP contribution in [0.15, 0.2) is 18.2 Å². The van der Waals surface area contributed by atoms with Gasteiger partial charge in [0.1, 0.15) is 11.3 Å². The summed E-state index contributed by atoms with van der Waals surface area (Å²) in [6.07, 6.45) is 2.01. The van der Waals surface area contributed by atoms with Gasteiger partial charge in [0.25, 0.3) is 5.91 Å². The number of nitrogen functional groups attached to an aromatic ring is 1.